The molecular weight excluding hydrogens is 448 g/mol. The fourth-order valence-electron chi connectivity index (χ4n) is 2.65. The van der Waals surface area contributed by atoms with Gasteiger partial charge in [-0.05, 0) is 64.3 Å². The minimum atomic E-state index is -1.24. The molecule has 6 nitrogen and oxygen atoms in total. The maximum atomic E-state index is 12.3. The Morgan fingerprint density at radius 1 is 1.13 bits per heavy atom. The topological polar surface area (TPSA) is 88.5 Å². The smallest absolute Gasteiger partial charge is 0.352 e. The van der Waals surface area contributed by atoms with Crippen molar-refractivity contribution in [2.45, 2.75) is 13.5 Å². The van der Waals surface area contributed by atoms with Crippen LogP contribution in [0.15, 0.2) is 77.2 Å². The zero-order valence-corrected chi connectivity index (χ0v) is 17.7. The molecule has 3 rings (SSSR count). The van der Waals surface area contributed by atoms with Gasteiger partial charge in [-0.25, -0.2) is 9.78 Å². The van der Waals surface area contributed by atoms with E-state index in [1.807, 2.05) is 25.1 Å². The summed E-state index contributed by atoms with van der Waals surface area (Å²) in [6.07, 6.45) is 2.75. The number of pyridine rings is 1. The van der Waals surface area contributed by atoms with Crippen molar-refractivity contribution >= 4 is 33.9 Å². The number of rotatable bonds is 7. The minimum Gasteiger partial charge on any atom is -0.489 e. The van der Waals surface area contributed by atoms with Crippen molar-refractivity contribution in [3.8, 4) is 5.75 Å². The van der Waals surface area contributed by atoms with Crippen LogP contribution in [0.25, 0.3) is 6.08 Å². The summed E-state index contributed by atoms with van der Waals surface area (Å²) < 4.78 is 6.35. The zero-order valence-electron chi connectivity index (χ0n) is 16.1. The Morgan fingerprint density at radius 2 is 1.90 bits per heavy atom. The molecule has 1 aromatic heterocycles. The molecule has 0 aliphatic heterocycles. The molecule has 0 aliphatic rings. The van der Waals surface area contributed by atoms with E-state index in [0.717, 1.165) is 5.56 Å². The van der Waals surface area contributed by atoms with Crippen LogP contribution in [0.1, 0.15) is 27.0 Å². The predicted octanol–water partition coefficient (Wildman–Crippen LogP) is 4.59. The van der Waals surface area contributed by atoms with E-state index in [1.165, 1.54) is 17.8 Å². The fourth-order valence-corrected chi connectivity index (χ4v) is 2.89. The van der Waals surface area contributed by atoms with E-state index in [2.05, 4.69) is 32.3 Å². The summed E-state index contributed by atoms with van der Waals surface area (Å²) in [5, 5.41) is 11.8. The highest BCUT2D eigenvalue weighted by atomic mass is 79.9. The monoisotopic (exact) mass is 466 g/mol. The second-order valence-electron chi connectivity index (χ2n) is 6.53. The number of benzene rings is 2. The lowest BCUT2D eigenvalue weighted by Gasteiger charge is -2.08. The highest BCUT2D eigenvalue weighted by Crippen LogP contribution is 2.17. The SMILES string of the molecule is Cc1cccc(COc2ccc(C=C(NC(=O)c3ccc(Br)nc3)C(=O)O)cc2)c1. The number of carboxylic acid groups (broad SMARTS) is 1. The maximum Gasteiger partial charge on any atom is 0.352 e. The lowest BCUT2D eigenvalue weighted by molar-refractivity contribution is -0.132. The summed E-state index contributed by atoms with van der Waals surface area (Å²) in [7, 11) is 0. The normalized spacial score (nSPS) is 11.1. The van der Waals surface area contributed by atoms with E-state index < -0.39 is 11.9 Å². The number of hydrogen-bond acceptors (Lipinski definition) is 4. The number of carbonyl (C=O) groups is 2. The Hall–Kier alpha value is -3.45. The largest absolute Gasteiger partial charge is 0.489 e. The number of aromatic nitrogens is 1. The molecule has 2 N–H and O–H groups in total. The first kappa shape index (κ1) is 21.3. The summed E-state index contributed by atoms with van der Waals surface area (Å²) in [6.45, 7) is 2.46. The number of nitrogens with one attached hydrogen (secondary N) is 1. The molecule has 1 heterocycles. The van der Waals surface area contributed by atoms with Crippen LogP contribution in [0, 0.1) is 6.92 Å². The van der Waals surface area contributed by atoms with Crippen LogP contribution < -0.4 is 10.1 Å². The van der Waals surface area contributed by atoms with E-state index in [0.29, 0.717) is 22.5 Å². The Bertz CT molecular complexity index is 1080. The van der Waals surface area contributed by atoms with Crippen LogP contribution in [-0.4, -0.2) is 22.0 Å². The lowest BCUT2D eigenvalue weighted by Crippen LogP contribution is -2.27. The van der Waals surface area contributed by atoms with Gasteiger partial charge in [-0.3, -0.25) is 4.79 Å². The molecule has 1 amide bonds. The van der Waals surface area contributed by atoms with Crippen molar-refractivity contribution in [3.63, 3.8) is 0 Å². The van der Waals surface area contributed by atoms with E-state index in [9.17, 15) is 14.7 Å². The molecule has 0 radical (unpaired) electrons. The first-order valence-electron chi connectivity index (χ1n) is 9.07. The number of aryl methyl sites for hydroxylation is 1. The number of halogens is 1. The Balaban J connectivity index is 1.67. The molecule has 152 valence electrons. The van der Waals surface area contributed by atoms with Gasteiger partial charge in [-0.2, -0.15) is 0 Å². The molecular formula is C23H19BrN2O4. The molecule has 0 saturated carbocycles. The number of nitrogens with zero attached hydrogens (tertiary/aromatic N) is 1. The number of aliphatic carboxylic acids is 1. The second kappa shape index (κ2) is 9.84. The number of ether oxygens (including phenoxy) is 1. The van der Waals surface area contributed by atoms with E-state index in [4.69, 9.17) is 4.74 Å². The molecule has 0 unspecified atom stereocenters. The van der Waals surface area contributed by atoms with Crippen molar-refractivity contribution < 1.29 is 19.4 Å². The molecule has 3 aromatic rings. The van der Waals surface area contributed by atoms with Crippen molar-refractivity contribution in [1.29, 1.82) is 0 Å². The third-order valence-electron chi connectivity index (χ3n) is 4.15. The van der Waals surface area contributed by atoms with Crippen molar-refractivity contribution in [2.75, 3.05) is 0 Å². The molecule has 2 aromatic carbocycles. The number of amides is 1. The van der Waals surface area contributed by atoms with Gasteiger partial charge in [-0.15, -0.1) is 0 Å². The summed E-state index contributed by atoms with van der Waals surface area (Å²) in [5.41, 5.74) is 2.86. The lowest BCUT2D eigenvalue weighted by atomic mass is 10.1. The molecule has 30 heavy (non-hydrogen) atoms. The molecule has 0 saturated heterocycles. The first-order chi connectivity index (χ1) is 14.4. The molecule has 0 atom stereocenters. The van der Waals surface area contributed by atoms with E-state index in [1.54, 1.807) is 36.4 Å². The summed E-state index contributed by atoms with van der Waals surface area (Å²) in [6, 6.07) is 18.2. The zero-order chi connectivity index (χ0) is 21.5. The summed E-state index contributed by atoms with van der Waals surface area (Å²) in [5.74, 6) is -1.13. The van der Waals surface area contributed by atoms with Crippen LogP contribution in [0.4, 0.5) is 0 Å². The van der Waals surface area contributed by atoms with Crippen molar-refractivity contribution in [1.82, 2.24) is 10.3 Å². The Labute approximate surface area is 182 Å². The average Bonchev–Trinajstić information content (AvgIpc) is 2.73. The van der Waals surface area contributed by atoms with Crippen LogP contribution in [0.2, 0.25) is 0 Å². The maximum absolute atomic E-state index is 12.3. The van der Waals surface area contributed by atoms with E-state index in [-0.39, 0.29) is 11.3 Å². The van der Waals surface area contributed by atoms with Crippen LogP contribution >= 0.6 is 15.9 Å². The fraction of sp³-hybridized carbons (Fsp3) is 0.0870. The van der Waals surface area contributed by atoms with Crippen molar-refractivity contribution in [2.24, 2.45) is 0 Å². The predicted molar refractivity (Wildman–Crippen MR) is 117 cm³/mol. The number of carboxylic acids is 1. The van der Waals surface area contributed by atoms with Gasteiger partial charge < -0.3 is 15.2 Å². The second-order valence-corrected chi connectivity index (χ2v) is 7.35. The molecule has 0 aliphatic carbocycles. The van der Waals surface area contributed by atoms with Gasteiger partial charge in [0.15, 0.2) is 0 Å². The van der Waals surface area contributed by atoms with Gasteiger partial charge in [0.05, 0.1) is 5.56 Å². The third-order valence-corrected chi connectivity index (χ3v) is 4.62. The van der Waals surface area contributed by atoms with Gasteiger partial charge in [0, 0.05) is 6.20 Å². The molecule has 0 bridgehead atoms. The molecule has 0 spiro atoms. The van der Waals surface area contributed by atoms with Crippen LogP contribution in [0.3, 0.4) is 0 Å². The standard InChI is InChI=1S/C23H19BrN2O4/c1-15-3-2-4-17(11-15)14-30-19-8-5-16(6-9-19)12-20(23(28)29)26-22(27)18-7-10-21(24)25-13-18/h2-13H,14H2,1H3,(H,26,27)(H,28,29). The van der Waals surface area contributed by atoms with Crippen molar-refractivity contribution in [3.05, 3.63) is 99.4 Å². The van der Waals surface area contributed by atoms with Crippen LogP contribution in [0.5, 0.6) is 5.75 Å². The van der Waals surface area contributed by atoms with E-state index >= 15 is 0 Å². The minimum absolute atomic E-state index is 0.239. The van der Waals surface area contributed by atoms with Gasteiger partial charge in [0.2, 0.25) is 0 Å². The van der Waals surface area contributed by atoms with Gasteiger partial charge in [0.25, 0.3) is 5.91 Å². The Morgan fingerprint density at radius 3 is 2.53 bits per heavy atom. The summed E-state index contributed by atoms with van der Waals surface area (Å²) >= 11 is 3.19. The first-order valence-corrected chi connectivity index (χ1v) is 9.86. The van der Waals surface area contributed by atoms with Crippen LogP contribution in [-0.2, 0) is 11.4 Å². The third kappa shape index (κ3) is 6.02. The quantitative estimate of drug-likeness (QED) is 0.392. The average molecular weight is 467 g/mol. The number of hydrogen-bond donors (Lipinski definition) is 2. The van der Waals surface area contributed by atoms with Gasteiger partial charge in [0.1, 0.15) is 22.7 Å². The highest BCUT2D eigenvalue weighted by Gasteiger charge is 2.14. The van der Waals surface area contributed by atoms with Gasteiger partial charge >= 0.3 is 5.97 Å². The van der Waals surface area contributed by atoms with Gasteiger partial charge in [-0.1, -0.05) is 42.0 Å². The highest BCUT2D eigenvalue weighted by molar-refractivity contribution is 9.10. The Kier molecular flexibility index (Phi) is 6.98. The molecule has 0 fully saturated rings. The number of carbonyl (C=O) groups excluding carboxylic acids is 1. The summed E-state index contributed by atoms with van der Waals surface area (Å²) in [4.78, 5) is 27.8. The molecule has 7 heteroatoms.